The molecule has 1 unspecified atom stereocenters. The van der Waals surface area contributed by atoms with Crippen LogP contribution in [0.5, 0.6) is 0 Å². The molecular weight excluding hydrogens is 363 g/mol. The van der Waals surface area contributed by atoms with Crippen molar-refractivity contribution < 1.29 is 9.53 Å². The number of hydrogen-bond acceptors (Lipinski definition) is 2. The van der Waals surface area contributed by atoms with Crippen molar-refractivity contribution in [1.82, 2.24) is 0 Å². The molecule has 1 aliphatic carbocycles. The van der Waals surface area contributed by atoms with Gasteiger partial charge in [-0.2, -0.15) is 0 Å². The molecule has 20 heavy (non-hydrogen) atoms. The number of carbonyl (C=O) groups is 1. The van der Waals surface area contributed by atoms with Crippen molar-refractivity contribution in [3.05, 3.63) is 33.4 Å². The molecule has 0 amide bonds. The number of ketones is 1. The smallest absolute Gasteiger partial charge is 0.167 e. The fourth-order valence-electron chi connectivity index (χ4n) is 3.68. The van der Waals surface area contributed by atoms with Crippen LogP contribution in [0.15, 0.2) is 24.3 Å². The van der Waals surface area contributed by atoms with Crippen molar-refractivity contribution in [3.8, 4) is 0 Å². The molecule has 0 N–H and O–H groups in total. The van der Waals surface area contributed by atoms with Crippen LogP contribution in [0, 0.1) is 9.49 Å². The Labute approximate surface area is 134 Å². The van der Waals surface area contributed by atoms with Crippen LogP contribution in [-0.2, 0) is 4.74 Å². The number of rotatable bonds is 2. The first-order valence-corrected chi connectivity index (χ1v) is 8.71. The first-order chi connectivity index (χ1) is 9.70. The van der Waals surface area contributed by atoms with E-state index in [0.29, 0.717) is 5.78 Å². The van der Waals surface area contributed by atoms with Gasteiger partial charge in [0.2, 0.25) is 0 Å². The zero-order valence-corrected chi connectivity index (χ0v) is 13.9. The van der Waals surface area contributed by atoms with Gasteiger partial charge in [0.15, 0.2) is 5.78 Å². The minimum Gasteiger partial charge on any atom is -0.375 e. The predicted octanol–water partition coefficient (Wildman–Crippen LogP) is 4.60. The first kappa shape index (κ1) is 14.5. The Hall–Kier alpha value is -0.420. The predicted molar refractivity (Wildman–Crippen MR) is 88.0 cm³/mol. The van der Waals surface area contributed by atoms with Gasteiger partial charge in [-0.25, -0.2) is 0 Å². The van der Waals surface area contributed by atoms with E-state index in [1.165, 1.54) is 19.3 Å². The highest BCUT2D eigenvalue weighted by molar-refractivity contribution is 14.1. The molecule has 1 aromatic rings. The van der Waals surface area contributed by atoms with Crippen LogP contribution in [-0.4, -0.2) is 18.0 Å². The van der Waals surface area contributed by atoms with E-state index in [-0.39, 0.29) is 11.5 Å². The van der Waals surface area contributed by atoms with Gasteiger partial charge in [0.1, 0.15) is 0 Å². The van der Waals surface area contributed by atoms with E-state index in [2.05, 4.69) is 22.6 Å². The largest absolute Gasteiger partial charge is 0.375 e. The van der Waals surface area contributed by atoms with Crippen LogP contribution in [0.25, 0.3) is 0 Å². The summed E-state index contributed by atoms with van der Waals surface area (Å²) in [4.78, 5) is 12.8. The minimum atomic E-state index is 0.0110. The summed E-state index contributed by atoms with van der Waals surface area (Å²) >= 11 is 2.27. The molecular formula is C17H21IO2. The van der Waals surface area contributed by atoms with Crippen LogP contribution in [0.1, 0.15) is 55.3 Å². The molecule has 0 radical (unpaired) electrons. The fraction of sp³-hybridized carbons (Fsp3) is 0.588. The zero-order chi connectivity index (χ0) is 14.0. The lowest BCUT2D eigenvalue weighted by Crippen LogP contribution is -2.43. The van der Waals surface area contributed by atoms with Crippen molar-refractivity contribution in [2.24, 2.45) is 5.92 Å². The Morgan fingerprint density at radius 2 is 1.95 bits per heavy atom. The van der Waals surface area contributed by atoms with Gasteiger partial charge in [-0.1, -0.05) is 37.5 Å². The van der Waals surface area contributed by atoms with E-state index in [9.17, 15) is 4.79 Å². The van der Waals surface area contributed by atoms with Gasteiger partial charge in [0, 0.05) is 21.7 Å². The lowest BCUT2D eigenvalue weighted by molar-refractivity contribution is -0.111. The van der Waals surface area contributed by atoms with E-state index in [0.717, 1.165) is 41.4 Å². The van der Waals surface area contributed by atoms with Crippen molar-refractivity contribution in [3.63, 3.8) is 0 Å². The third-order valence-corrected chi connectivity index (χ3v) is 5.71. The summed E-state index contributed by atoms with van der Waals surface area (Å²) in [7, 11) is 0. The second-order valence-electron chi connectivity index (χ2n) is 6.13. The summed E-state index contributed by atoms with van der Waals surface area (Å²) in [6.07, 6.45) is 7.92. The molecule has 2 aliphatic rings. The third kappa shape index (κ3) is 2.93. The average Bonchev–Trinajstić information content (AvgIpc) is 2.48. The molecule has 1 aliphatic heterocycles. The maximum atomic E-state index is 12.8. The van der Waals surface area contributed by atoms with Gasteiger partial charge in [-0.15, -0.1) is 0 Å². The van der Waals surface area contributed by atoms with E-state index >= 15 is 0 Å². The Bertz CT molecular complexity index is 486. The second-order valence-corrected chi connectivity index (χ2v) is 7.29. The number of hydrogen-bond donors (Lipinski definition) is 0. The van der Waals surface area contributed by atoms with Crippen LogP contribution >= 0.6 is 22.6 Å². The van der Waals surface area contributed by atoms with E-state index < -0.39 is 0 Å². The lowest BCUT2D eigenvalue weighted by atomic mass is 9.74. The Morgan fingerprint density at radius 1 is 1.20 bits per heavy atom. The van der Waals surface area contributed by atoms with E-state index in [4.69, 9.17) is 4.74 Å². The quantitative estimate of drug-likeness (QED) is 0.550. The minimum absolute atomic E-state index is 0.0110. The number of halogens is 1. The molecule has 1 spiro atoms. The summed E-state index contributed by atoms with van der Waals surface area (Å²) < 4.78 is 7.17. The molecule has 1 saturated carbocycles. The molecule has 2 fully saturated rings. The van der Waals surface area contributed by atoms with Gasteiger partial charge < -0.3 is 4.74 Å². The molecule has 1 saturated heterocycles. The summed E-state index contributed by atoms with van der Waals surface area (Å²) in [5.74, 6) is 0.473. The van der Waals surface area contributed by atoms with Crippen LogP contribution in [0.2, 0.25) is 0 Å². The van der Waals surface area contributed by atoms with E-state index in [1.54, 1.807) is 0 Å². The highest BCUT2D eigenvalue weighted by atomic mass is 127. The topological polar surface area (TPSA) is 26.3 Å². The fourth-order valence-corrected chi connectivity index (χ4v) is 4.33. The summed E-state index contributed by atoms with van der Waals surface area (Å²) in [6, 6.07) is 7.94. The molecule has 0 aromatic heterocycles. The highest BCUT2D eigenvalue weighted by Crippen LogP contribution is 2.41. The maximum Gasteiger partial charge on any atom is 0.167 e. The number of ether oxygens (including phenoxy) is 1. The van der Waals surface area contributed by atoms with Crippen molar-refractivity contribution in [1.29, 1.82) is 0 Å². The molecule has 3 rings (SSSR count). The van der Waals surface area contributed by atoms with Gasteiger partial charge in [0.25, 0.3) is 0 Å². The summed E-state index contributed by atoms with van der Waals surface area (Å²) in [5.41, 5.74) is 0.905. The van der Waals surface area contributed by atoms with Gasteiger partial charge in [0.05, 0.1) is 5.60 Å². The molecule has 0 bridgehead atoms. The average molecular weight is 384 g/mol. The second kappa shape index (κ2) is 6.14. The highest BCUT2D eigenvalue weighted by Gasteiger charge is 2.40. The molecule has 1 atom stereocenters. The summed E-state index contributed by atoms with van der Waals surface area (Å²) in [6.45, 7) is 0.750. The third-order valence-electron chi connectivity index (χ3n) is 4.77. The Balaban J connectivity index is 1.77. The standard InChI is InChI=1S/C17H21IO2/c18-15-7-3-2-6-14(15)16(19)13-8-11-20-17(12-13)9-4-1-5-10-17/h2-3,6-7,13H,1,4-5,8-12H2. The number of benzene rings is 1. The molecule has 3 heteroatoms. The van der Waals surface area contributed by atoms with Crippen LogP contribution in [0.3, 0.4) is 0 Å². The Morgan fingerprint density at radius 3 is 2.70 bits per heavy atom. The monoisotopic (exact) mass is 384 g/mol. The molecule has 108 valence electrons. The summed E-state index contributed by atoms with van der Waals surface area (Å²) in [5, 5.41) is 0. The van der Waals surface area contributed by atoms with Gasteiger partial charge in [-0.3, -0.25) is 4.79 Å². The number of carbonyl (C=O) groups excluding carboxylic acids is 1. The molecule has 1 heterocycles. The maximum absolute atomic E-state index is 12.8. The lowest BCUT2D eigenvalue weighted by Gasteiger charge is -2.43. The number of Topliss-reactive ketones (excluding diaryl/α,β-unsaturated/α-hetero) is 1. The molecule has 2 nitrogen and oxygen atoms in total. The Kier molecular flexibility index (Phi) is 4.46. The van der Waals surface area contributed by atoms with Gasteiger partial charge >= 0.3 is 0 Å². The molecule has 1 aromatic carbocycles. The van der Waals surface area contributed by atoms with Crippen molar-refractivity contribution in [2.75, 3.05) is 6.61 Å². The van der Waals surface area contributed by atoms with E-state index in [1.807, 2.05) is 24.3 Å². The van der Waals surface area contributed by atoms with Crippen LogP contribution < -0.4 is 0 Å². The SMILES string of the molecule is O=C(c1ccccc1I)C1CCOC2(CCCCC2)C1. The normalized spacial score (nSPS) is 25.6. The zero-order valence-electron chi connectivity index (χ0n) is 11.7. The first-order valence-electron chi connectivity index (χ1n) is 7.63. The van der Waals surface area contributed by atoms with Crippen LogP contribution in [0.4, 0.5) is 0 Å². The van der Waals surface area contributed by atoms with Gasteiger partial charge in [-0.05, 0) is 54.3 Å². The van der Waals surface area contributed by atoms with Crippen molar-refractivity contribution in [2.45, 2.75) is 50.5 Å². The van der Waals surface area contributed by atoms with Crippen molar-refractivity contribution >= 4 is 28.4 Å².